The van der Waals surface area contributed by atoms with Gasteiger partial charge in [0.15, 0.2) is 0 Å². The Morgan fingerprint density at radius 2 is 1.69 bits per heavy atom. The van der Waals surface area contributed by atoms with Crippen LogP contribution in [0.3, 0.4) is 0 Å². The Bertz CT molecular complexity index is 235. The van der Waals surface area contributed by atoms with Crippen molar-refractivity contribution >= 4 is 11.8 Å². The van der Waals surface area contributed by atoms with E-state index in [0.717, 1.165) is 25.9 Å². The van der Waals surface area contributed by atoms with Crippen molar-refractivity contribution in [2.75, 3.05) is 33.2 Å². The minimum absolute atomic E-state index is 0.0938. The van der Waals surface area contributed by atoms with Gasteiger partial charge in [-0.3, -0.25) is 14.9 Å². The third-order valence-electron chi connectivity index (χ3n) is 2.80. The molecule has 2 N–H and O–H groups in total. The van der Waals surface area contributed by atoms with Crippen LogP contribution < -0.4 is 10.6 Å². The van der Waals surface area contributed by atoms with Crippen molar-refractivity contribution < 1.29 is 9.59 Å². The molecule has 0 aliphatic carbocycles. The summed E-state index contributed by atoms with van der Waals surface area (Å²) in [4.78, 5) is 24.6. The van der Waals surface area contributed by atoms with Crippen LogP contribution in [0.4, 0.5) is 0 Å². The lowest BCUT2D eigenvalue weighted by Gasteiger charge is -2.20. The van der Waals surface area contributed by atoms with Gasteiger partial charge in [-0.05, 0) is 12.8 Å². The standard InChI is InChI=1S/C11H21N3O2/c1-12-10(15)8-13-9-11(16)14-6-4-2-3-5-7-14/h13H,2-9H2,1H3,(H,12,15). The van der Waals surface area contributed by atoms with Gasteiger partial charge in [0, 0.05) is 20.1 Å². The van der Waals surface area contributed by atoms with Crippen LogP contribution in [-0.4, -0.2) is 49.9 Å². The highest BCUT2D eigenvalue weighted by molar-refractivity contribution is 5.81. The second-order valence-electron chi connectivity index (χ2n) is 4.07. The fourth-order valence-electron chi connectivity index (χ4n) is 1.80. The van der Waals surface area contributed by atoms with E-state index < -0.39 is 0 Å². The zero-order chi connectivity index (χ0) is 11.8. The van der Waals surface area contributed by atoms with Gasteiger partial charge in [-0.25, -0.2) is 0 Å². The molecule has 2 amide bonds. The summed E-state index contributed by atoms with van der Waals surface area (Å²) in [5.41, 5.74) is 0. The molecule has 1 fully saturated rings. The molecule has 1 aliphatic heterocycles. The molecule has 16 heavy (non-hydrogen) atoms. The number of likely N-dealkylation sites (tertiary alicyclic amines) is 1. The zero-order valence-corrected chi connectivity index (χ0v) is 9.92. The summed E-state index contributed by atoms with van der Waals surface area (Å²) in [5.74, 6) is 0.00877. The molecule has 0 atom stereocenters. The lowest BCUT2D eigenvalue weighted by atomic mass is 10.2. The monoisotopic (exact) mass is 227 g/mol. The number of amides is 2. The number of hydrogen-bond donors (Lipinski definition) is 2. The van der Waals surface area contributed by atoms with Crippen LogP contribution in [0.2, 0.25) is 0 Å². The third kappa shape index (κ3) is 4.61. The van der Waals surface area contributed by atoms with E-state index in [1.807, 2.05) is 4.90 Å². The predicted octanol–water partition coefficient (Wildman–Crippen LogP) is -0.275. The molecule has 0 bridgehead atoms. The number of nitrogens with zero attached hydrogens (tertiary/aromatic N) is 1. The molecule has 0 aromatic carbocycles. The highest BCUT2D eigenvalue weighted by Crippen LogP contribution is 2.09. The molecule has 0 aromatic rings. The van der Waals surface area contributed by atoms with E-state index in [4.69, 9.17) is 0 Å². The van der Waals surface area contributed by atoms with E-state index in [-0.39, 0.29) is 24.9 Å². The summed E-state index contributed by atoms with van der Waals surface area (Å²) in [6.45, 7) is 2.18. The summed E-state index contributed by atoms with van der Waals surface area (Å²) < 4.78 is 0. The van der Waals surface area contributed by atoms with E-state index in [2.05, 4.69) is 10.6 Å². The molecule has 1 aliphatic rings. The van der Waals surface area contributed by atoms with E-state index in [9.17, 15) is 9.59 Å². The molecule has 0 spiro atoms. The van der Waals surface area contributed by atoms with Gasteiger partial charge in [-0.2, -0.15) is 0 Å². The quantitative estimate of drug-likeness (QED) is 0.694. The Hall–Kier alpha value is -1.10. The topological polar surface area (TPSA) is 61.4 Å². The first-order chi connectivity index (χ1) is 7.74. The zero-order valence-electron chi connectivity index (χ0n) is 9.92. The maximum absolute atomic E-state index is 11.8. The minimum atomic E-state index is -0.0938. The summed E-state index contributed by atoms with van der Waals surface area (Å²) in [7, 11) is 1.58. The second kappa shape index (κ2) is 7.22. The number of likely N-dealkylation sites (N-methyl/N-ethyl adjacent to an activating group) is 1. The molecule has 0 aromatic heterocycles. The van der Waals surface area contributed by atoms with Gasteiger partial charge in [-0.1, -0.05) is 12.8 Å². The van der Waals surface area contributed by atoms with Crippen molar-refractivity contribution in [3.63, 3.8) is 0 Å². The normalized spacial score (nSPS) is 16.7. The summed E-state index contributed by atoms with van der Waals surface area (Å²) in [6, 6.07) is 0. The Labute approximate surface area is 96.6 Å². The van der Waals surface area contributed by atoms with Crippen LogP contribution in [0, 0.1) is 0 Å². The van der Waals surface area contributed by atoms with Crippen molar-refractivity contribution in [3.8, 4) is 0 Å². The van der Waals surface area contributed by atoms with E-state index in [1.165, 1.54) is 12.8 Å². The lowest BCUT2D eigenvalue weighted by molar-refractivity contribution is -0.130. The van der Waals surface area contributed by atoms with Crippen LogP contribution in [0.5, 0.6) is 0 Å². The number of carbonyl (C=O) groups excluding carboxylic acids is 2. The van der Waals surface area contributed by atoms with Crippen LogP contribution in [0.1, 0.15) is 25.7 Å². The summed E-state index contributed by atoms with van der Waals surface area (Å²) >= 11 is 0. The first-order valence-electron chi connectivity index (χ1n) is 5.93. The lowest BCUT2D eigenvalue weighted by Crippen LogP contribution is -2.41. The number of hydrogen-bond acceptors (Lipinski definition) is 3. The smallest absolute Gasteiger partial charge is 0.236 e. The van der Waals surface area contributed by atoms with Crippen molar-refractivity contribution in [1.82, 2.24) is 15.5 Å². The van der Waals surface area contributed by atoms with E-state index in [0.29, 0.717) is 0 Å². The molecule has 0 unspecified atom stereocenters. The highest BCUT2D eigenvalue weighted by Gasteiger charge is 2.14. The Balaban J connectivity index is 2.20. The Kier molecular flexibility index (Phi) is 5.85. The molecule has 0 saturated carbocycles. The first-order valence-corrected chi connectivity index (χ1v) is 5.93. The molecular weight excluding hydrogens is 206 g/mol. The molecule has 1 heterocycles. The van der Waals surface area contributed by atoms with Crippen LogP contribution in [0.25, 0.3) is 0 Å². The van der Waals surface area contributed by atoms with Crippen LogP contribution in [0.15, 0.2) is 0 Å². The summed E-state index contributed by atoms with van der Waals surface area (Å²) in [6.07, 6.45) is 4.63. The van der Waals surface area contributed by atoms with Gasteiger partial charge in [-0.15, -0.1) is 0 Å². The largest absolute Gasteiger partial charge is 0.358 e. The van der Waals surface area contributed by atoms with Crippen molar-refractivity contribution in [2.24, 2.45) is 0 Å². The minimum Gasteiger partial charge on any atom is -0.358 e. The fraction of sp³-hybridized carbons (Fsp3) is 0.818. The average Bonchev–Trinajstić information content (AvgIpc) is 2.57. The van der Waals surface area contributed by atoms with Gasteiger partial charge in [0.25, 0.3) is 0 Å². The molecule has 5 nitrogen and oxygen atoms in total. The maximum atomic E-state index is 11.8. The second-order valence-corrected chi connectivity index (χ2v) is 4.07. The Morgan fingerprint density at radius 3 is 2.25 bits per heavy atom. The maximum Gasteiger partial charge on any atom is 0.236 e. The van der Waals surface area contributed by atoms with Crippen molar-refractivity contribution in [1.29, 1.82) is 0 Å². The third-order valence-corrected chi connectivity index (χ3v) is 2.80. The van der Waals surface area contributed by atoms with Crippen LogP contribution >= 0.6 is 0 Å². The van der Waals surface area contributed by atoms with Crippen molar-refractivity contribution in [3.05, 3.63) is 0 Å². The predicted molar refractivity (Wildman–Crippen MR) is 62.0 cm³/mol. The molecule has 5 heteroatoms. The number of rotatable bonds is 4. The number of nitrogens with one attached hydrogen (secondary N) is 2. The van der Waals surface area contributed by atoms with Gasteiger partial charge in [0.2, 0.25) is 11.8 Å². The average molecular weight is 227 g/mol. The first kappa shape index (κ1) is 13.0. The number of carbonyl (C=O) groups is 2. The molecule has 1 rings (SSSR count). The molecule has 1 saturated heterocycles. The van der Waals surface area contributed by atoms with Crippen LogP contribution in [-0.2, 0) is 9.59 Å². The van der Waals surface area contributed by atoms with Gasteiger partial charge >= 0.3 is 0 Å². The van der Waals surface area contributed by atoms with Gasteiger partial charge in [0.1, 0.15) is 0 Å². The van der Waals surface area contributed by atoms with Gasteiger partial charge in [0.05, 0.1) is 13.1 Å². The molecular formula is C11H21N3O2. The SMILES string of the molecule is CNC(=O)CNCC(=O)N1CCCCCC1. The molecule has 92 valence electrons. The van der Waals surface area contributed by atoms with Crippen molar-refractivity contribution in [2.45, 2.75) is 25.7 Å². The highest BCUT2D eigenvalue weighted by atomic mass is 16.2. The Morgan fingerprint density at radius 1 is 1.06 bits per heavy atom. The van der Waals surface area contributed by atoms with E-state index in [1.54, 1.807) is 7.05 Å². The van der Waals surface area contributed by atoms with E-state index >= 15 is 0 Å². The van der Waals surface area contributed by atoms with Gasteiger partial charge < -0.3 is 10.2 Å². The fourth-order valence-corrected chi connectivity index (χ4v) is 1.80. The molecule has 0 radical (unpaired) electrons. The summed E-state index contributed by atoms with van der Waals surface area (Å²) in [5, 5.41) is 5.35.